The molecule has 0 radical (unpaired) electrons. The van der Waals surface area contributed by atoms with Gasteiger partial charge >= 0.3 is 0 Å². The normalized spacial score (nSPS) is 11.9. The van der Waals surface area contributed by atoms with Crippen LogP contribution in [0.25, 0.3) is 0 Å². The fraction of sp³-hybridized carbons (Fsp3) is 0.250. The number of benzene rings is 2. The van der Waals surface area contributed by atoms with E-state index in [-0.39, 0.29) is 6.04 Å². The summed E-state index contributed by atoms with van der Waals surface area (Å²) in [6.45, 7) is 0. The second kappa shape index (κ2) is 6.25. The molecule has 0 bridgehead atoms. The Morgan fingerprint density at radius 2 is 1.58 bits per heavy atom. The quantitative estimate of drug-likeness (QED) is 0.895. The highest BCUT2D eigenvalue weighted by molar-refractivity contribution is 5.33. The summed E-state index contributed by atoms with van der Waals surface area (Å²) in [5, 5.41) is 0. The van der Waals surface area contributed by atoms with Crippen LogP contribution < -0.4 is 15.2 Å². The van der Waals surface area contributed by atoms with Gasteiger partial charge in [0.1, 0.15) is 11.5 Å². The molecule has 0 aromatic heterocycles. The molecule has 2 aromatic rings. The van der Waals surface area contributed by atoms with Crippen LogP contribution in [0.3, 0.4) is 0 Å². The molecular weight excluding hydrogens is 238 g/mol. The Hall–Kier alpha value is -2.00. The first-order valence-electron chi connectivity index (χ1n) is 6.25. The highest BCUT2D eigenvalue weighted by Crippen LogP contribution is 2.22. The summed E-state index contributed by atoms with van der Waals surface area (Å²) in [7, 11) is 3.33. The molecule has 0 aliphatic heterocycles. The van der Waals surface area contributed by atoms with E-state index < -0.39 is 0 Å². The van der Waals surface area contributed by atoms with Crippen LogP contribution in [0.4, 0.5) is 0 Å². The molecule has 0 aliphatic carbocycles. The molecule has 0 amide bonds. The molecule has 3 nitrogen and oxygen atoms in total. The Kier molecular flexibility index (Phi) is 4.42. The van der Waals surface area contributed by atoms with Crippen molar-refractivity contribution in [2.75, 3.05) is 14.2 Å². The third kappa shape index (κ3) is 3.48. The molecular formula is C16H19NO2. The first kappa shape index (κ1) is 13.4. The van der Waals surface area contributed by atoms with Gasteiger partial charge < -0.3 is 15.2 Å². The van der Waals surface area contributed by atoms with Gasteiger partial charge in [-0.2, -0.15) is 0 Å². The van der Waals surface area contributed by atoms with Crippen molar-refractivity contribution >= 4 is 0 Å². The van der Waals surface area contributed by atoms with Crippen molar-refractivity contribution in [2.24, 2.45) is 5.73 Å². The summed E-state index contributed by atoms with van der Waals surface area (Å²) in [5.41, 5.74) is 8.48. The zero-order valence-electron chi connectivity index (χ0n) is 11.3. The van der Waals surface area contributed by atoms with Crippen molar-refractivity contribution in [3.63, 3.8) is 0 Å². The highest BCUT2D eigenvalue weighted by atomic mass is 16.5. The van der Waals surface area contributed by atoms with Crippen LogP contribution in [0.2, 0.25) is 0 Å². The molecule has 0 aliphatic rings. The molecule has 1 atom stereocenters. The largest absolute Gasteiger partial charge is 0.497 e. The summed E-state index contributed by atoms with van der Waals surface area (Å²) >= 11 is 0. The second-order valence-electron chi connectivity index (χ2n) is 4.44. The van der Waals surface area contributed by atoms with E-state index in [0.717, 1.165) is 29.0 Å². The van der Waals surface area contributed by atoms with E-state index >= 15 is 0 Å². The minimum Gasteiger partial charge on any atom is -0.497 e. The van der Waals surface area contributed by atoms with E-state index in [1.165, 1.54) is 0 Å². The molecule has 0 spiro atoms. The maximum Gasteiger partial charge on any atom is 0.119 e. The van der Waals surface area contributed by atoms with E-state index in [4.69, 9.17) is 15.2 Å². The predicted molar refractivity (Wildman–Crippen MR) is 76.6 cm³/mol. The van der Waals surface area contributed by atoms with Crippen LogP contribution in [0, 0.1) is 0 Å². The average molecular weight is 257 g/mol. The number of ether oxygens (including phenoxy) is 2. The highest BCUT2D eigenvalue weighted by Gasteiger charge is 2.08. The minimum absolute atomic E-state index is 0.0535. The van der Waals surface area contributed by atoms with Crippen LogP contribution in [0.15, 0.2) is 48.5 Å². The first-order chi connectivity index (χ1) is 9.22. The van der Waals surface area contributed by atoms with E-state index in [2.05, 4.69) is 6.07 Å². The van der Waals surface area contributed by atoms with Gasteiger partial charge in [-0.3, -0.25) is 0 Å². The molecule has 2 N–H and O–H groups in total. The van der Waals surface area contributed by atoms with Crippen LogP contribution in [-0.4, -0.2) is 14.2 Å². The van der Waals surface area contributed by atoms with E-state index in [9.17, 15) is 0 Å². The maximum atomic E-state index is 6.25. The predicted octanol–water partition coefficient (Wildman–Crippen LogP) is 2.95. The molecule has 0 unspecified atom stereocenters. The molecule has 0 saturated carbocycles. The lowest BCUT2D eigenvalue weighted by atomic mass is 9.99. The molecule has 0 heterocycles. The van der Waals surface area contributed by atoms with Gasteiger partial charge in [-0.1, -0.05) is 24.3 Å². The molecule has 3 heteroatoms. The number of rotatable bonds is 5. The molecule has 0 fully saturated rings. The van der Waals surface area contributed by atoms with Crippen LogP contribution in [0.5, 0.6) is 11.5 Å². The lowest BCUT2D eigenvalue weighted by Gasteiger charge is -2.13. The van der Waals surface area contributed by atoms with Crippen LogP contribution >= 0.6 is 0 Å². The van der Waals surface area contributed by atoms with Crippen molar-refractivity contribution in [1.29, 1.82) is 0 Å². The minimum atomic E-state index is -0.0535. The summed E-state index contributed by atoms with van der Waals surface area (Å²) in [6, 6.07) is 15.8. The Bertz CT molecular complexity index is 540. The zero-order valence-corrected chi connectivity index (χ0v) is 11.3. The summed E-state index contributed by atoms with van der Waals surface area (Å²) in [5.74, 6) is 1.69. The van der Waals surface area contributed by atoms with Crippen molar-refractivity contribution in [3.8, 4) is 11.5 Å². The molecule has 2 rings (SSSR count). The fourth-order valence-electron chi connectivity index (χ4n) is 2.04. The van der Waals surface area contributed by atoms with Gasteiger partial charge in [0.15, 0.2) is 0 Å². The fourth-order valence-corrected chi connectivity index (χ4v) is 2.04. The van der Waals surface area contributed by atoms with Crippen molar-refractivity contribution < 1.29 is 9.47 Å². The van der Waals surface area contributed by atoms with Crippen LogP contribution in [0.1, 0.15) is 17.2 Å². The Morgan fingerprint density at radius 1 is 0.947 bits per heavy atom. The van der Waals surface area contributed by atoms with Crippen molar-refractivity contribution in [1.82, 2.24) is 0 Å². The molecule has 19 heavy (non-hydrogen) atoms. The van der Waals surface area contributed by atoms with Gasteiger partial charge in [-0.05, 0) is 41.8 Å². The van der Waals surface area contributed by atoms with E-state index in [0.29, 0.717) is 0 Å². The number of nitrogens with two attached hydrogens (primary N) is 1. The second-order valence-corrected chi connectivity index (χ2v) is 4.44. The summed E-state index contributed by atoms with van der Waals surface area (Å²) in [6.07, 6.45) is 0.768. The van der Waals surface area contributed by atoms with Gasteiger partial charge in [0, 0.05) is 6.04 Å². The van der Waals surface area contributed by atoms with Gasteiger partial charge in [-0.25, -0.2) is 0 Å². The van der Waals surface area contributed by atoms with Crippen molar-refractivity contribution in [3.05, 3.63) is 59.7 Å². The average Bonchev–Trinajstić information content (AvgIpc) is 2.47. The maximum absolute atomic E-state index is 6.25. The Labute approximate surface area is 114 Å². The van der Waals surface area contributed by atoms with Crippen LogP contribution in [-0.2, 0) is 6.42 Å². The van der Waals surface area contributed by atoms with Gasteiger partial charge in [0.05, 0.1) is 14.2 Å². The van der Waals surface area contributed by atoms with Gasteiger partial charge in [0.2, 0.25) is 0 Å². The van der Waals surface area contributed by atoms with E-state index in [1.54, 1.807) is 14.2 Å². The Morgan fingerprint density at radius 3 is 2.26 bits per heavy atom. The standard InChI is InChI=1S/C16H19NO2/c1-18-14-7-3-5-12(9-14)10-16(17)13-6-4-8-15(11-13)19-2/h3-9,11,16H,10,17H2,1-2H3/t16-/m0/s1. The smallest absolute Gasteiger partial charge is 0.119 e. The molecule has 100 valence electrons. The van der Waals surface area contributed by atoms with Gasteiger partial charge in [0.25, 0.3) is 0 Å². The summed E-state index contributed by atoms with van der Waals surface area (Å²) in [4.78, 5) is 0. The monoisotopic (exact) mass is 257 g/mol. The molecule has 2 aromatic carbocycles. The zero-order chi connectivity index (χ0) is 13.7. The number of hydrogen-bond donors (Lipinski definition) is 1. The lowest BCUT2D eigenvalue weighted by Crippen LogP contribution is -2.13. The van der Waals surface area contributed by atoms with Gasteiger partial charge in [-0.15, -0.1) is 0 Å². The topological polar surface area (TPSA) is 44.5 Å². The third-order valence-corrected chi connectivity index (χ3v) is 3.11. The first-order valence-corrected chi connectivity index (χ1v) is 6.25. The number of hydrogen-bond acceptors (Lipinski definition) is 3. The third-order valence-electron chi connectivity index (χ3n) is 3.11. The molecule has 0 saturated heterocycles. The van der Waals surface area contributed by atoms with Crippen molar-refractivity contribution in [2.45, 2.75) is 12.5 Å². The Balaban J connectivity index is 2.13. The summed E-state index contributed by atoms with van der Waals surface area (Å²) < 4.78 is 10.4. The SMILES string of the molecule is COc1cccc(C[C@H](N)c2cccc(OC)c2)c1. The van der Waals surface area contributed by atoms with E-state index in [1.807, 2.05) is 42.5 Å². The lowest BCUT2D eigenvalue weighted by molar-refractivity contribution is 0.413. The number of methoxy groups -OCH3 is 2.